The molecule has 1 saturated carbocycles. The first-order chi connectivity index (χ1) is 10.3. The van der Waals surface area contributed by atoms with Gasteiger partial charge in [0.1, 0.15) is 0 Å². The van der Waals surface area contributed by atoms with Crippen molar-refractivity contribution in [1.29, 1.82) is 0 Å². The molecule has 0 bridgehead atoms. The van der Waals surface area contributed by atoms with E-state index in [9.17, 15) is 4.79 Å². The molecular formula is C17H19N3O. The van der Waals surface area contributed by atoms with Crippen molar-refractivity contribution in [3.63, 3.8) is 0 Å². The van der Waals surface area contributed by atoms with Crippen molar-refractivity contribution in [2.45, 2.75) is 32.2 Å². The van der Waals surface area contributed by atoms with Crippen molar-refractivity contribution in [3.05, 3.63) is 48.4 Å². The first-order valence-corrected chi connectivity index (χ1v) is 7.46. The average molecular weight is 281 g/mol. The minimum Gasteiger partial charge on any atom is -0.352 e. The van der Waals surface area contributed by atoms with E-state index in [1.807, 2.05) is 30.5 Å². The van der Waals surface area contributed by atoms with E-state index >= 15 is 0 Å². The van der Waals surface area contributed by atoms with Gasteiger partial charge in [-0.05, 0) is 36.6 Å². The summed E-state index contributed by atoms with van der Waals surface area (Å²) >= 11 is 0. The molecule has 4 nitrogen and oxygen atoms in total. The quantitative estimate of drug-likeness (QED) is 0.937. The van der Waals surface area contributed by atoms with Crippen LogP contribution in [0.15, 0.2) is 42.9 Å². The number of carbonyl (C=O) groups excluding carboxylic acids is 1. The topological polar surface area (TPSA) is 54.9 Å². The summed E-state index contributed by atoms with van der Waals surface area (Å²) in [5.74, 6) is 0.400. The smallest absolute Gasteiger partial charge is 0.223 e. The summed E-state index contributed by atoms with van der Waals surface area (Å²) in [6, 6.07) is 7.85. The van der Waals surface area contributed by atoms with Crippen LogP contribution in [0.3, 0.4) is 0 Å². The van der Waals surface area contributed by atoms with Gasteiger partial charge in [-0.3, -0.25) is 14.8 Å². The van der Waals surface area contributed by atoms with E-state index < -0.39 is 0 Å². The molecule has 0 saturated heterocycles. The van der Waals surface area contributed by atoms with Crippen molar-refractivity contribution >= 4 is 5.91 Å². The minimum atomic E-state index is 0.184. The number of nitrogens with one attached hydrogen (secondary N) is 1. The minimum absolute atomic E-state index is 0.184. The Morgan fingerprint density at radius 3 is 2.71 bits per heavy atom. The van der Waals surface area contributed by atoms with Crippen LogP contribution in [0.1, 0.15) is 31.2 Å². The Morgan fingerprint density at radius 2 is 2.05 bits per heavy atom. The van der Waals surface area contributed by atoms with Gasteiger partial charge in [0.25, 0.3) is 0 Å². The average Bonchev–Trinajstić information content (AvgIpc) is 3.08. The fraction of sp³-hybridized carbons (Fsp3) is 0.353. The van der Waals surface area contributed by atoms with Crippen molar-refractivity contribution < 1.29 is 4.79 Å². The monoisotopic (exact) mass is 281 g/mol. The Morgan fingerprint density at radius 1 is 1.19 bits per heavy atom. The zero-order valence-electron chi connectivity index (χ0n) is 12.0. The molecule has 0 radical (unpaired) electrons. The van der Waals surface area contributed by atoms with Gasteiger partial charge >= 0.3 is 0 Å². The molecular weight excluding hydrogens is 262 g/mol. The number of aromatic nitrogens is 2. The summed E-state index contributed by atoms with van der Waals surface area (Å²) in [7, 11) is 0. The van der Waals surface area contributed by atoms with Gasteiger partial charge < -0.3 is 5.32 Å². The fourth-order valence-corrected chi connectivity index (χ4v) is 2.74. The molecule has 1 fully saturated rings. The third kappa shape index (κ3) is 3.45. The van der Waals surface area contributed by atoms with Crippen LogP contribution in [-0.2, 0) is 11.3 Å². The lowest BCUT2D eigenvalue weighted by atomic mass is 10.1. The predicted octanol–water partition coefficient (Wildman–Crippen LogP) is 2.95. The van der Waals surface area contributed by atoms with Crippen molar-refractivity contribution in [2.75, 3.05) is 0 Å². The third-order valence-corrected chi connectivity index (χ3v) is 3.97. The fourth-order valence-electron chi connectivity index (χ4n) is 2.74. The van der Waals surface area contributed by atoms with Crippen molar-refractivity contribution in [3.8, 4) is 11.3 Å². The maximum absolute atomic E-state index is 12.0. The van der Waals surface area contributed by atoms with E-state index in [2.05, 4.69) is 15.3 Å². The highest BCUT2D eigenvalue weighted by atomic mass is 16.1. The van der Waals surface area contributed by atoms with Gasteiger partial charge in [-0.1, -0.05) is 18.9 Å². The van der Waals surface area contributed by atoms with E-state index in [1.165, 1.54) is 12.8 Å². The Kier molecular flexibility index (Phi) is 4.24. The van der Waals surface area contributed by atoms with Crippen LogP contribution in [0.2, 0.25) is 0 Å². The largest absolute Gasteiger partial charge is 0.352 e. The van der Waals surface area contributed by atoms with Gasteiger partial charge in [-0.25, -0.2) is 0 Å². The molecule has 0 aliphatic heterocycles. The molecule has 2 aromatic rings. The molecule has 2 heterocycles. The highest BCUT2D eigenvalue weighted by molar-refractivity contribution is 5.78. The lowest BCUT2D eigenvalue weighted by Gasteiger charge is -2.10. The van der Waals surface area contributed by atoms with Crippen LogP contribution < -0.4 is 5.32 Å². The van der Waals surface area contributed by atoms with Gasteiger partial charge in [0.05, 0.1) is 5.69 Å². The summed E-state index contributed by atoms with van der Waals surface area (Å²) < 4.78 is 0. The van der Waals surface area contributed by atoms with Gasteiger partial charge in [0.15, 0.2) is 0 Å². The zero-order valence-corrected chi connectivity index (χ0v) is 12.0. The van der Waals surface area contributed by atoms with E-state index in [0.29, 0.717) is 6.54 Å². The first kappa shape index (κ1) is 13.7. The van der Waals surface area contributed by atoms with Crippen LogP contribution >= 0.6 is 0 Å². The highest BCUT2D eigenvalue weighted by Gasteiger charge is 2.22. The third-order valence-electron chi connectivity index (χ3n) is 3.97. The predicted molar refractivity (Wildman–Crippen MR) is 81.3 cm³/mol. The Balaban J connectivity index is 1.58. The number of hydrogen-bond donors (Lipinski definition) is 1. The molecule has 0 spiro atoms. The van der Waals surface area contributed by atoms with Crippen LogP contribution in [0, 0.1) is 5.92 Å². The van der Waals surface area contributed by atoms with Gasteiger partial charge in [-0.15, -0.1) is 0 Å². The number of pyridine rings is 2. The SMILES string of the molecule is O=C(NCc1ccc(-c2cccnc2)nc1)C1CCCC1. The number of rotatable bonds is 4. The lowest BCUT2D eigenvalue weighted by molar-refractivity contribution is -0.124. The number of hydrogen-bond acceptors (Lipinski definition) is 3. The number of nitrogens with zero attached hydrogens (tertiary/aromatic N) is 2. The molecule has 2 aromatic heterocycles. The molecule has 0 aromatic carbocycles. The number of carbonyl (C=O) groups is 1. The Labute approximate surface area is 124 Å². The number of amides is 1. The van der Waals surface area contributed by atoms with Gasteiger partial charge in [-0.2, -0.15) is 0 Å². The second-order valence-corrected chi connectivity index (χ2v) is 5.49. The second kappa shape index (κ2) is 6.48. The molecule has 0 unspecified atom stereocenters. The molecule has 21 heavy (non-hydrogen) atoms. The Bertz CT molecular complexity index is 589. The van der Waals surface area contributed by atoms with E-state index in [-0.39, 0.29) is 11.8 Å². The van der Waals surface area contributed by atoms with Crippen LogP contribution in [-0.4, -0.2) is 15.9 Å². The van der Waals surface area contributed by atoms with Crippen LogP contribution in [0.5, 0.6) is 0 Å². The van der Waals surface area contributed by atoms with Crippen molar-refractivity contribution in [2.24, 2.45) is 5.92 Å². The molecule has 1 N–H and O–H groups in total. The lowest BCUT2D eigenvalue weighted by Crippen LogP contribution is -2.28. The molecule has 3 rings (SSSR count). The normalized spacial score (nSPS) is 15.0. The zero-order chi connectivity index (χ0) is 14.5. The summed E-state index contributed by atoms with van der Waals surface area (Å²) in [5.41, 5.74) is 2.92. The molecule has 4 heteroatoms. The molecule has 1 aliphatic carbocycles. The van der Waals surface area contributed by atoms with Crippen molar-refractivity contribution in [1.82, 2.24) is 15.3 Å². The standard InChI is InChI=1S/C17H19N3O/c21-17(14-4-1-2-5-14)20-11-13-7-8-16(19-10-13)15-6-3-9-18-12-15/h3,6-10,12,14H,1-2,4-5,11H2,(H,20,21). The first-order valence-electron chi connectivity index (χ1n) is 7.46. The summed E-state index contributed by atoms with van der Waals surface area (Å²) in [6.07, 6.45) is 9.78. The van der Waals surface area contributed by atoms with Crippen LogP contribution in [0.25, 0.3) is 11.3 Å². The summed E-state index contributed by atoms with van der Waals surface area (Å²) in [6.45, 7) is 0.551. The molecule has 0 atom stereocenters. The van der Waals surface area contributed by atoms with Gasteiger partial charge in [0, 0.05) is 36.6 Å². The Hall–Kier alpha value is -2.23. The summed E-state index contributed by atoms with van der Waals surface area (Å²) in [5, 5.41) is 3.01. The molecule has 108 valence electrons. The van der Waals surface area contributed by atoms with E-state index in [1.54, 1.807) is 12.4 Å². The highest BCUT2D eigenvalue weighted by Crippen LogP contribution is 2.24. The van der Waals surface area contributed by atoms with Crippen LogP contribution in [0.4, 0.5) is 0 Å². The van der Waals surface area contributed by atoms with E-state index in [4.69, 9.17) is 0 Å². The summed E-state index contributed by atoms with van der Waals surface area (Å²) in [4.78, 5) is 20.5. The maximum Gasteiger partial charge on any atom is 0.223 e. The molecule has 1 amide bonds. The molecule has 1 aliphatic rings. The van der Waals surface area contributed by atoms with E-state index in [0.717, 1.165) is 29.7 Å². The van der Waals surface area contributed by atoms with Gasteiger partial charge in [0.2, 0.25) is 5.91 Å². The second-order valence-electron chi connectivity index (χ2n) is 5.49. The maximum atomic E-state index is 12.0.